The summed E-state index contributed by atoms with van der Waals surface area (Å²) in [5, 5.41) is 0. The van der Waals surface area contributed by atoms with Crippen molar-refractivity contribution in [2.75, 3.05) is 20.3 Å². The molecule has 0 aliphatic heterocycles. The summed E-state index contributed by atoms with van der Waals surface area (Å²) in [7, 11) is 1.66. The molecule has 76 valence electrons. The lowest BCUT2D eigenvalue weighted by atomic mass is 10.2. The number of benzene rings is 1. The predicted octanol–water partition coefficient (Wildman–Crippen LogP) is 3.08. The molecule has 0 fully saturated rings. The maximum absolute atomic E-state index is 5.53. The van der Waals surface area contributed by atoms with Crippen molar-refractivity contribution >= 4 is 22.0 Å². The molecule has 1 aromatic rings. The van der Waals surface area contributed by atoms with E-state index in [0.29, 0.717) is 13.2 Å². The van der Waals surface area contributed by atoms with Gasteiger partial charge < -0.3 is 9.47 Å². The molecule has 0 aliphatic carbocycles. The van der Waals surface area contributed by atoms with E-state index in [4.69, 9.17) is 9.47 Å². The number of halogens is 1. The molecule has 1 rings (SSSR count). The largest absolute Gasteiger partial charge is 0.491 e. The van der Waals surface area contributed by atoms with Gasteiger partial charge in [0.2, 0.25) is 0 Å². The van der Waals surface area contributed by atoms with Crippen LogP contribution in [-0.2, 0) is 4.74 Å². The molecule has 0 saturated heterocycles. The Hall–Kier alpha value is -0.800. The second-order valence-electron chi connectivity index (χ2n) is 2.67. The first-order valence-electron chi connectivity index (χ1n) is 4.36. The van der Waals surface area contributed by atoms with Crippen LogP contribution in [-0.4, -0.2) is 20.3 Å². The quantitative estimate of drug-likeness (QED) is 0.754. The molecule has 0 aromatic heterocycles. The third kappa shape index (κ3) is 3.52. The fourth-order valence-corrected chi connectivity index (χ4v) is 1.34. The van der Waals surface area contributed by atoms with Crippen LogP contribution in [0.1, 0.15) is 5.56 Å². The van der Waals surface area contributed by atoms with Crippen LogP contribution in [0.5, 0.6) is 5.75 Å². The summed E-state index contributed by atoms with van der Waals surface area (Å²) in [6.45, 7) is 1.18. The Morgan fingerprint density at radius 3 is 2.79 bits per heavy atom. The van der Waals surface area contributed by atoms with Crippen LogP contribution < -0.4 is 4.74 Å². The zero-order valence-electron chi connectivity index (χ0n) is 8.07. The Kier molecular flexibility index (Phi) is 5.33. The molecule has 0 heterocycles. The van der Waals surface area contributed by atoms with E-state index in [0.717, 1.165) is 11.3 Å². The highest BCUT2D eigenvalue weighted by Gasteiger charge is 1.98. The van der Waals surface area contributed by atoms with Crippen LogP contribution in [0.4, 0.5) is 0 Å². The topological polar surface area (TPSA) is 18.5 Å². The fraction of sp³-hybridized carbons (Fsp3) is 0.273. The van der Waals surface area contributed by atoms with Gasteiger partial charge in [0.1, 0.15) is 12.4 Å². The number of methoxy groups -OCH3 is 1. The molecule has 0 unspecified atom stereocenters. The molecule has 0 N–H and O–H groups in total. The zero-order chi connectivity index (χ0) is 10.2. The highest BCUT2D eigenvalue weighted by Crippen LogP contribution is 2.19. The normalized spacial score (nSPS) is 10.7. The lowest BCUT2D eigenvalue weighted by Gasteiger charge is -2.07. The molecule has 0 aliphatic rings. The van der Waals surface area contributed by atoms with Gasteiger partial charge in [-0.2, -0.15) is 0 Å². The lowest BCUT2D eigenvalue weighted by molar-refractivity contribution is 0.146. The summed E-state index contributed by atoms with van der Waals surface area (Å²) >= 11 is 3.24. The number of rotatable bonds is 5. The van der Waals surface area contributed by atoms with Gasteiger partial charge in [-0.15, -0.1) is 0 Å². The van der Waals surface area contributed by atoms with Gasteiger partial charge in [-0.05, 0) is 17.1 Å². The molecule has 0 radical (unpaired) electrons. The third-order valence-corrected chi connectivity index (χ3v) is 1.97. The van der Waals surface area contributed by atoms with E-state index >= 15 is 0 Å². The minimum absolute atomic E-state index is 0.573. The van der Waals surface area contributed by atoms with E-state index in [1.54, 1.807) is 7.11 Å². The standard InChI is InChI=1S/C11H13BrO2/c1-13-8-9-14-11-5-3-2-4-10(11)6-7-12/h2-7H,8-9H2,1H3/b7-6+. The summed E-state index contributed by atoms with van der Waals surface area (Å²) in [5.41, 5.74) is 1.06. The van der Waals surface area contributed by atoms with Crippen LogP contribution in [0.3, 0.4) is 0 Å². The van der Waals surface area contributed by atoms with Gasteiger partial charge in [0.05, 0.1) is 6.61 Å². The number of para-hydroxylation sites is 1. The molecule has 0 amide bonds. The molecule has 0 atom stereocenters. The van der Waals surface area contributed by atoms with Gasteiger partial charge in [-0.3, -0.25) is 0 Å². The molecule has 14 heavy (non-hydrogen) atoms. The molecule has 0 bridgehead atoms. The van der Waals surface area contributed by atoms with Gasteiger partial charge in [-0.25, -0.2) is 0 Å². The lowest BCUT2D eigenvalue weighted by Crippen LogP contribution is -2.04. The smallest absolute Gasteiger partial charge is 0.126 e. The van der Waals surface area contributed by atoms with Gasteiger partial charge in [0, 0.05) is 12.7 Å². The van der Waals surface area contributed by atoms with Crippen molar-refractivity contribution in [2.45, 2.75) is 0 Å². The molecular weight excluding hydrogens is 244 g/mol. The highest BCUT2D eigenvalue weighted by atomic mass is 79.9. The summed E-state index contributed by atoms with van der Waals surface area (Å²) in [4.78, 5) is 1.81. The molecule has 2 nitrogen and oxygen atoms in total. The van der Waals surface area contributed by atoms with Crippen LogP contribution in [0.2, 0.25) is 0 Å². The third-order valence-electron chi connectivity index (χ3n) is 1.71. The van der Waals surface area contributed by atoms with E-state index in [2.05, 4.69) is 15.9 Å². The molecular formula is C11H13BrO2. The van der Waals surface area contributed by atoms with Crippen molar-refractivity contribution in [1.29, 1.82) is 0 Å². The van der Waals surface area contributed by atoms with Crippen molar-refractivity contribution in [3.05, 3.63) is 34.8 Å². The van der Waals surface area contributed by atoms with Crippen LogP contribution in [0.15, 0.2) is 29.3 Å². The monoisotopic (exact) mass is 256 g/mol. The summed E-state index contributed by atoms with van der Waals surface area (Å²) < 4.78 is 10.4. The van der Waals surface area contributed by atoms with E-state index < -0.39 is 0 Å². The number of hydrogen-bond donors (Lipinski definition) is 0. The first-order valence-corrected chi connectivity index (χ1v) is 5.27. The Morgan fingerprint density at radius 1 is 1.29 bits per heavy atom. The van der Waals surface area contributed by atoms with Crippen molar-refractivity contribution in [1.82, 2.24) is 0 Å². The fourth-order valence-electron chi connectivity index (χ4n) is 1.05. The minimum Gasteiger partial charge on any atom is -0.491 e. The number of ether oxygens (including phenoxy) is 2. The minimum atomic E-state index is 0.573. The molecule has 3 heteroatoms. The van der Waals surface area contributed by atoms with Crippen molar-refractivity contribution < 1.29 is 9.47 Å². The number of hydrogen-bond acceptors (Lipinski definition) is 2. The average Bonchev–Trinajstić information content (AvgIpc) is 2.21. The predicted molar refractivity (Wildman–Crippen MR) is 61.8 cm³/mol. The van der Waals surface area contributed by atoms with Crippen LogP contribution in [0, 0.1) is 0 Å². The van der Waals surface area contributed by atoms with Crippen LogP contribution in [0.25, 0.3) is 6.08 Å². The van der Waals surface area contributed by atoms with E-state index in [1.165, 1.54) is 0 Å². The zero-order valence-corrected chi connectivity index (χ0v) is 9.66. The first kappa shape index (κ1) is 11.3. The van der Waals surface area contributed by atoms with Crippen molar-refractivity contribution in [3.63, 3.8) is 0 Å². The van der Waals surface area contributed by atoms with Gasteiger partial charge in [-0.1, -0.05) is 34.1 Å². The SMILES string of the molecule is COCCOc1ccccc1/C=C/Br. The van der Waals surface area contributed by atoms with Crippen molar-refractivity contribution in [2.24, 2.45) is 0 Å². The van der Waals surface area contributed by atoms with Gasteiger partial charge in [0.25, 0.3) is 0 Å². The summed E-state index contributed by atoms with van der Waals surface area (Å²) in [6.07, 6.45) is 1.95. The molecule has 0 spiro atoms. The highest BCUT2D eigenvalue weighted by molar-refractivity contribution is 9.11. The first-order chi connectivity index (χ1) is 6.88. The molecule has 0 saturated carbocycles. The summed E-state index contributed by atoms with van der Waals surface area (Å²) in [6, 6.07) is 7.87. The maximum atomic E-state index is 5.53. The van der Waals surface area contributed by atoms with Gasteiger partial charge in [0.15, 0.2) is 0 Å². The Morgan fingerprint density at radius 2 is 2.07 bits per heavy atom. The maximum Gasteiger partial charge on any atom is 0.126 e. The van der Waals surface area contributed by atoms with Crippen molar-refractivity contribution in [3.8, 4) is 5.75 Å². The molecule has 1 aromatic carbocycles. The van der Waals surface area contributed by atoms with E-state index in [1.807, 2.05) is 35.3 Å². The Labute approximate surface area is 92.7 Å². The van der Waals surface area contributed by atoms with E-state index in [-0.39, 0.29) is 0 Å². The summed E-state index contributed by atoms with van der Waals surface area (Å²) in [5.74, 6) is 0.875. The van der Waals surface area contributed by atoms with Crippen LogP contribution >= 0.6 is 15.9 Å². The average molecular weight is 257 g/mol. The second-order valence-corrected chi connectivity index (χ2v) is 3.20. The Bertz CT molecular complexity index is 297. The van der Waals surface area contributed by atoms with E-state index in [9.17, 15) is 0 Å². The Balaban J connectivity index is 2.64. The van der Waals surface area contributed by atoms with Gasteiger partial charge >= 0.3 is 0 Å². The second kappa shape index (κ2) is 6.62.